The van der Waals surface area contributed by atoms with Crippen molar-refractivity contribution in [1.29, 1.82) is 0 Å². The Morgan fingerprint density at radius 1 is 1.19 bits per heavy atom. The summed E-state index contributed by atoms with van der Waals surface area (Å²) in [6.45, 7) is 6.67. The second kappa shape index (κ2) is 12.0. The molecule has 0 unspecified atom stereocenters. The molecular weight excluding hydrogens is 720 g/mol. The van der Waals surface area contributed by atoms with Gasteiger partial charge in [0.1, 0.15) is 40.3 Å². The SMILES string of the molecule is C=I[C@@H]1[C@@H](C)C[C@@H](C(=O)Nc2nc(Br)ccc2C)N1C(=O)Cn1nc(C(C)=O)c2cc(-c3cnc(C)nc3)c(F)cc21. The van der Waals surface area contributed by atoms with Gasteiger partial charge in [-0.05, 0) is 59.8 Å². The van der Waals surface area contributed by atoms with E-state index in [1.807, 2.05) is 19.9 Å². The highest BCUT2D eigenvalue weighted by Crippen LogP contribution is 2.37. The van der Waals surface area contributed by atoms with Crippen LogP contribution in [0.3, 0.4) is 0 Å². The Labute approximate surface area is 260 Å². The largest absolute Gasteiger partial charge is 0.317 e. The number of rotatable bonds is 7. The molecule has 42 heavy (non-hydrogen) atoms. The number of Topliss-reactive ketones (excluding diaryl/α,β-unsaturated/α-hetero) is 1. The monoisotopic (exact) mass is 747 g/mol. The maximum absolute atomic E-state index is 15.4. The number of hydrogen-bond acceptors (Lipinski definition) is 7. The summed E-state index contributed by atoms with van der Waals surface area (Å²) in [6.07, 6.45) is 3.50. The van der Waals surface area contributed by atoms with E-state index < -0.39 is 32.6 Å². The number of amides is 2. The number of carbonyl (C=O) groups is 3. The number of fused-ring (bicyclic) bond motifs is 1. The van der Waals surface area contributed by atoms with Crippen molar-refractivity contribution < 1.29 is 18.8 Å². The highest BCUT2D eigenvalue weighted by atomic mass is 127. The van der Waals surface area contributed by atoms with E-state index >= 15 is 4.39 Å². The van der Waals surface area contributed by atoms with Gasteiger partial charge in [0.05, 0.1) is 9.57 Å². The average Bonchev–Trinajstić information content (AvgIpc) is 3.47. The number of nitrogens with zero attached hydrogens (tertiary/aromatic N) is 6. The number of carbonyl (C=O) groups excluding carboxylic acids is 3. The molecule has 1 N–H and O–H groups in total. The third-order valence-corrected chi connectivity index (χ3v) is 10.4. The molecule has 3 atom stereocenters. The molecule has 1 aliphatic heterocycles. The predicted molar refractivity (Wildman–Crippen MR) is 170 cm³/mol. The van der Waals surface area contributed by atoms with Crippen LogP contribution in [0.4, 0.5) is 10.2 Å². The molecule has 218 valence electrons. The van der Waals surface area contributed by atoms with Crippen molar-refractivity contribution in [3.05, 3.63) is 64.2 Å². The van der Waals surface area contributed by atoms with Crippen molar-refractivity contribution in [2.24, 2.45) is 5.92 Å². The molecule has 3 aromatic heterocycles. The minimum atomic E-state index is -0.738. The van der Waals surface area contributed by atoms with Gasteiger partial charge in [-0.2, -0.15) is 5.10 Å². The zero-order valence-electron chi connectivity index (χ0n) is 23.4. The van der Waals surface area contributed by atoms with Crippen LogP contribution in [0.2, 0.25) is 0 Å². The van der Waals surface area contributed by atoms with E-state index in [0.717, 1.165) is 5.56 Å². The summed E-state index contributed by atoms with van der Waals surface area (Å²) in [6, 6.07) is 5.68. The van der Waals surface area contributed by atoms with Crippen LogP contribution >= 0.6 is 36.7 Å². The molecule has 0 aliphatic carbocycles. The van der Waals surface area contributed by atoms with Gasteiger partial charge in [0.25, 0.3) is 0 Å². The van der Waals surface area contributed by atoms with E-state index in [4.69, 9.17) is 0 Å². The molecule has 4 aromatic rings. The molecule has 0 radical (unpaired) electrons. The van der Waals surface area contributed by atoms with Gasteiger partial charge >= 0.3 is 0 Å². The fraction of sp³-hybridized carbons (Fsp3) is 0.310. The molecule has 13 heteroatoms. The second-order valence-electron chi connectivity index (χ2n) is 10.3. The minimum Gasteiger partial charge on any atom is -0.317 e. The molecule has 1 saturated heterocycles. The molecule has 4 heterocycles. The van der Waals surface area contributed by atoms with E-state index in [1.54, 1.807) is 17.9 Å². The zero-order valence-corrected chi connectivity index (χ0v) is 27.1. The maximum atomic E-state index is 15.4. The van der Waals surface area contributed by atoms with Crippen LogP contribution in [-0.2, 0) is 16.1 Å². The molecule has 0 bridgehead atoms. The number of hydrogen-bond donors (Lipinski definition) is 1. The van der Waals surface area contributed by atoms with E-state index in [9.17, 15) is 14.4 Å². The lowest BCUT2D eigenvalue weighted by molar-refractivity contribution is -0.137. The lowest BCUT2D eigenvalue weighted by Crippen LogP contribution is -2.47. The lowest BCUT2D eigenvalue weighted by Gasteiger charge is -2.28. The number of aryl methyl sites for hydroxylation is 2. The topological polar surface area (TPSA) is 123 Å². The maximum Gasteiger partial charge on any atom is 0.248 e. The number of ketones is 1. The zero-order chi connectivity index (χ0) is 30.3. The third-order valence-electron chi connectivity index (χ3n) is 7.27. The smallest absolute Gasteiger partial charge is 0.248 e. The van der Waals surface area contributed by atoms with Gasteiger partial charge in [0, 0.05) is 41.9 Å². The van der Waals surface area contributed by atoms with E-state index in [0.29, 0.717) is 39.1 Å². The van der Waals surface area contributed by atoms with Crippen molar-refractivity contribution in [2.45, 2.75) is 50.8 Å². The first-order chi connectivity index (χ1) is 20.0. The Hall–Kier alpha value is -3.46. The first kappa shape index (κ1) is 30.0. The molecule has 0 spiro atoms. The number of pyridine rings is 1. The average molecular weight is 748 g/mol. The van der Waals surface area contributed by atoms with E-state index in [2.05, 4.69) is 45.8 Å². The molecule has 0 saturated carbocycles. The number of likely N-dealkylation sites (tertiary alicyclic amines) is 1. The summed E-state index contributed by atoms with van der Waals surface area (Å²) in [4.78, 5) is 54.2. The van der Waals surface area contributed by atoms with E-state index in [-0.39, 0.29) is 45.4 Å². The molecule has 1 fully saturated rings. The van der Waals surface area contributed by atoms with Crippen molar-refractivity contribution in [1.82, 2.24) is 29.6 Å². The Balaban J connectivity index is 1.49. The van der Waals surface area contributed by atoms with Gasteiger partial charge in [-0.25, -0.2) is 19.3 Å². The minimum absolute atomic E-state index is 0.0606. The Bertz CT molecular complexity index is 1740. The summed E-state index contributed by atoms with van der Waals surface area (Å²) in [5, 5.41) is 7.71. The fourth-order valence-electron chi connectivity index (χ4n) is 5.16. The predicted octanol–water partition coefficient (Wildman–Crippen LogP) is 5.21. The van der Waals surface area contributed by atoms with Crippen molar-refractivity contribution in [3.8, 4) is 11.1 Å². The van der Waals surface area contributed by atoms with Crippen LogP contribution in [0.5, 0.6) is 0 Å². The van der Waals surface area contributed by atoms with Crippen LogP contribution in [0.15, 0.2) is 41.3 Å². The number of nitrogens with one attached hydrogen (secondary N) is 1. The van der Waals surface area contributed by atoms with Gasteiger partial charge in [-0.3, -0.25) is 19.1 Å². The third kappa shape index (κ3) is 5.76. The summed E-state index contributed by atoms with van der Waals surface area (Å²) in [5.74, 6) is -0.567. The Kier molecular flexibility index (Phi) is 8.60. The molecule has 5 rings (SSSR count). The van der Waals surface area contributed by atoms with Gasteiger partial charge in [0.2, 0.25) is 11.8 Å². The highest BCUT2D eigenvalue weighted by molar-refractivity contribution is 14.2. The number of aromatic nitrogens is 5. The van der Waals surface area contributed by atoms with Gasteiger partial charge in [-0.15, -0.1) is 20.7 Å². The highest BCUT2D eigenvalue weighted by Gasteiger charge is 2.44. The first-order valence-corrected chi connectivity index (χ1v) is 16.7. The normalized spacial score (nSPS) is 18.4. The standard InChI is InChI=1S/C29H28BrFIN7O3/c1-14-6-7-24(30)35-28(14)36-29(42)23-8-15(2)27(32-5)39(23)25(41)13-38-22-10-21(31)19(18-11-33-17(4)34-12-18)9-20(22)26(37-38)16(3)40/h6-7,9-12,15,23,27H,5,8,13H2,1-4H3,(H,35,36,42)/t15-,23-,27-/m0/s1. The summed E-state index contributed by atoms with van der Waals surface area (Å²) < 4.78 is 21.3. The van der Waals surface area contributed by atoms with Crippen LogP contribution in [0.25, 0.3) is 22.0 Å². The van der Waals surface area contributed by atoms with Crippen LogP contribution in [0, 0.1) is 25.6 Å². The van der Waals surface area contributed by atoms with Crippen molar-refractivity contribution in [3.63, 3.8) is 0 Å². The number of halogens is 3. The Morgan fingerprint density at radius 3 is 2.57 bits per heavy atom. The molecule has 1 aliphatic rings. The number of anilines is 1. The first-order valence-electron chi connectivity index (χ1n) is 13.1. The summed E-state index contributed by atoms with van der Waals surface area (Å²) >= 11 is 2.64. The molecule has 1 aromatic carbocycles. The quantitative estimate of drug-likeness (QED) is 0.0906. The summed E-state index contributed by atoms with van der Waals surface area (Å²) in [5.41, 5.74) is 1.88. The number of benzene rings is 1. The van der Waals surface area contributed by atoms with Gasteiger partial charge in [-0.1, -0.05) is 17.5 Å². The van der Waals surface area contributed by atoms with Gasteiger partial charge in [0.15, 0.2) is 5.78 Å². The molecule has 10 nitrogen and oxygen atoms in total. The van der Waals surface area contributed by atoms with Crippen LogP contribution in [0.1, 0.15) is 42.1 Å². The Morgan fingerprint density at radius 2 is 1.90 bits per heavy atom. The van der Waals surface area contributed by atoms with Crippen LogP contribution < -0.4 is 5.32 Å². The van der Waals surface area contributed by atoms with Crippen molar-refractivity contribution in [2.75, 3.05) is 5.32 Å². The lowest BCUT2D eigenvalue weighted by atomic mass is 10.0. The van der Waals surface area contributed by atoms with Gasteiger partial charge < -0.3 is 10.2 Å². The summed E-state index contributed by atoms with van der Waals surface area (Å²) in [7, 11) is 0. The van der Waals surface area contributed by atoms with E-state index in [1.165, 1.54) is 36.1 Å². The molecule has 2 amide bonds. The fourth-order valence-corrected chi connectivity index (χ4v) is 7.76. The number of alkyl halides is 1. The molecular formula is C29H28BrFIN7O3. The van der Waals surface area contributed by atoms with Crippen molar-refractivity contribution >= 4 is 75.5 Å². The second-order valence-corrected chi connectivity index (χ2v) is 13.2. The van der Waals surface area contributed by atoms with Crippen LogP contribution in [-0.4, -0.2) is 61.8 Å².